The highest BCUT2D eigenvalue weighted by atomic mass is 35.5. The van der Waals surface area contributed by atoms with Crippen LogP contribution in [0.3, 0.4) is 0 Å². The number of fused-ring (bicyclic) bond motifs is 1. The van der Waals surface area contributed by atoms with E-state index in [0.717, 1.165) is 11.1 Å². The van der Waals surface area contributed by atoms with Crippen molar-refractivity contribution >= 4 is 40.8 Å². The molecule has 1 fully saturated rings. The Bertz CT molecular complexity index is 1230. The van der Waals surface area contributed by atoms with E-state index >= 15 is 0 Å². The molecule has 0 bridgehead atoms. The Morgan fingerprint density at radius 3 is 2.44 bits per heavy atom. The SMILES string of the molecule is C[C@@H]1C=CC[C@@H]2C(=O)N(N(CC(=O)c3ccc(Cl)cc3)C(=O)c3ccccc3[N+](=O)[O-])C(=O)[C@H]12. The van der Waals surface area contributed by atoms with Gasteiger partial charge in [0, 0.05) is 16.7 Å². The van der Waals surface area contributed by atoms with Crippen molar-refractivity contribution in [2.45, 2.75) is 13.3 Å². The van der Waals surface area contributed by atoms with Crippen LogP contribution in [0.1, 0.15) is 34.1 Å². The van der Waals surface area contributed by atoms with E-state index in [1.807, 2.05) is 12.2 Å². The highest BCUT2D eigenvalue weighted by molar-refractivity contribution is 6.30. The molecule has 2 aromatic carbocycles. The number of halogens is 1. The maximum atomic E-state index is 13.5. The first-order chi connectivity index (χ1) is 16.2. The van der Waals surface area contributed by atoms with Crippen molar-refractivity contribution in [1.82, 2.24) is 10.0 Å². The molecule has 3 amide bonds. The van der Waals surface area contributed by atoms with Crippen LogP contribution in [0.4, 0.5) is 5.69 Å². The molecule has 1 aliphatic heterocycles. The Balaban J connectivity index is 1.76. The zero-order valence-corrected chi connectivity index (χ0v) is 18.8. The standard InChI is InChI=1S/C24H20ClN3O6/c1-14-5-4-7-18-21(14)24(32)27(23(18)31)26(13-20(29)15-9-11-16(25)12-10-15)22(30)17-6-2-3-8-19(17)28(33)34/h2-6,8-12,14,18,21H,7,13H2,1H3/t14-,18+,21-/m1/s1. The highest BCUT2D eigenvalue weighted by Crippen LogP contribution is 2.39. The van der Waals surface area contributed by atoms with Crippen LogP contribution in [-0.4, -0.2) is 45.0 Å². The average molecular weight is 482 g/mol. The number of benzene rings is 2. The quantitative estimate of drug-likeness (QED) is 0.204. The molecule has 174 valence electrons. The largest absolute Gasteiger partial charge is 0.292 e. The minimum Gasteiger partial charge on any atom is -0.292 e. The molecule has 2 aliphatic rings. The summed E-state index contributed by atoms with van der Waals surface area (Å²) in [6.45, 7) is 1.14. The maximum absolute atomic E-state index is 13.5. The lowest BCUT2D eigenvalue weighted by molar-refractivity contribution is -0.385. The summed E-state index contributed by atoms with van der Waals surface area (Å²) in [5.74, 6) is -4.36. The lowest BCUT2D eigenvalue weighted by atomic mass is 9.78. The van der Waals surface area contributed by atoms with Gasteiger partial charge >= 0.3 is 0 Å². The predicted molar refractivity (Wildman–Crippen MR) is 122 cm³/mol. The van der Waals surface area contributed by atoms with Gasteiger partial charge in [-0.15, -0.1) is 0 Å². The van der Waals surface area contributed by atoms with Gasteiger partial charge in [-0.3, -0.25) is 29.3 Å². The van der Waals surface area contributed by atoms with Crippen LogP contribution in [0, 0.1) is 27.9 Å². The van der Waals surface area contributed by atoms with E-state index in [4.69, 9.17) is 11.6 Å². The number of hydrogen-bond acceptors (Lipinski definition) is 6. The van der Waals surface area contributed by atoms with E-state index in [1.165, 1.54) is 42.5 Å². The number of ketones is 1. The van der Waals surface area contributed by atoms with Crippen molar-refractivity contribution in [2.24, 2.45) is 17.8 Å². The van der Waals surface area contributed by atoms with Gasteiger partial charge in [0.1, 0.15) is 12.1 Å². The van der Waals surface area contributed by atoms with Crippen LogP contribution in [0.15, 0.2) is 60.7 Å². The average Bonchev–Trinajstić information content (AvgIpc) is 3.08. The Hall–Kier alpha value is -3.85. The van der Waals surface area contributed by atoms with Crippen molar-refractivity contribution in [2.75, 3.05) is 6.54 Å². The monoisotopic (exact) mass is 481 g/mol. The Morgan fingerprint density at radius 2 is 1.79 bits per heavy atom. The molecule has 0 saturated carbocycles. The summed E-state index contributed by atoms with van der Waals surface area (Å²) in [5, 5.41) is 13.4. The molecule has 10 heteroatoms. The van der Waals surface area contributed by atoms with Crippen molar-refractivity contribution < 1.29 is 24.1 Å². The Labute approximate surface area is 199 Å². The van der Waals surface area contributed by atoms with E-state index in [0.29, 0.717) is 16.5 Å². The molecule has 0 N–H and O–H groups in total. The number of rotatable bonds is 6. The zero-order chi connectivity index (χ0) is 24.6. The number of nitro groups is 1. The molecular formula is C24H20ClN3O6. The summed E-state index contributed by atoms with van der Waals surface area (Å²) in [4.78, 5) is 64.0. The molecule has 0 spiro atoms. The third-order valence-electron chi connectivity index (χ3n) is 6.12. The topological polar surface area (TPSA) is 118 Å². The Morgan fingerprint density at radius 1 is 1.12 bits per heavy atom. The van der Waals surface area contributed by atoms with E-state index in [9.17, 15) is 29.3 Å². The number of hydrazine groups is 1. The van der Waals surface area contributed by atoms with Crippen molar-refractivity contribution in [3.8, 4) is 0 Å². The molecule has 4 rings (SSSR count). The van der Waals surface area contributed by atoms with Gasteiger partial charge in [0.05, 0.1) is 16.8 Å². The number of amides is 3. The summed E-state index contributed by atoms with van der Waals surface area (Å²) >= 11 is 5.88. The normalized spacial score (nSPS) is 21.4. The first-order valence-electron chi connectivity index (χ1n) is 10.6. The van der Waals surface area contributed by atoms with Gasteiger partial charge in [-0.2, -0.15) is 5.01 Å². The fourth-order valence-electron chi connectivity index (χ4n) is 4.42. The first-order valence-corrected chi connectivity index (χ1v) is 11.0. The first kappa shape index (κ1) is 23.3. The second-order valence-corrected chi connectivity index (χ2v) is 8.65. The molecule has 2 aromatic rings. The van der Waals surface area contributed by atoms with E-state index in [-0.39, 0.29) is 17.0 Å². The smallest absolute Gasteiger partial charge is 0.282 e. The molecule has 1 aliphatic carbocycles. The number of Topliss-reactive ketones (excluding diaryl/α,β-unsaturated/α-hetero) is 1. The maximum Gasteiger partial charge on any atom is 0.282 e. The third kappa shape index (κ3) is 4.10. The second kappa shape index (κ2) is 9.18. The van der Waals surface area contributed by atoms with Crippen LogP contribution in [0.5, 0.6) is 0 Å². The van der Waals surface area contributed by atoms with Crippen LogP contribution in [-0.2, 0) is 9.59 Å². The molecule has 9 nitrogen and oxygen atoms in total. The Kier molecular flexibility index (Phi) is 6.30. The fraction of sp³-hybridized carbons (Fsp3) is 0.250. The van der Waals surface area contributed by atoms with Crippen molar-refractivity contribution in [1.29, 1.82) is 0 Å². The molecular weight excluding hydrogens is 462 g/mol. The number of imide groups is 1. The van der Waals surface area contributed by atoms with E-state index in [2.05, 4.69) is 0 Å². The number of carbonyl (C=O) groups is 4. The number of carbonyl (C=O) groups excluding carboxylic acids is 4. The van der Waals surface area contributed by atoms with E-state index < -0.39 is 52.5 Å². The van der Waals surface area contributed by atoms with Gasteiger partial charge in [-0.1, -0.05) is 42.8 Å². The molecule has 1 saturated heterocycles. The summed E-state index contributed by atoms with van der Waals surface area (Å²) in [6.07, 6.45) is 3.98. The summed E-state index contributed by atoms with van der Waals surface area (Å²) in [6, 6.07) is 11.1. The van der Waals surface area contributed by atoms with Crippen LogP contribution in [0.2, 0.25) is 5.02 Å². The number of hydrogen-bond donors (Lipinski definition) is 0. The predicted octanol–water partition coefficient (Wildman–Crippen LogP) is 3.69. The van der Waals surface area contributed by atoms with Crippen LogP contribution in [0.25, 0.3) is 0 Å². The molecule has 0 radical (unpaired) electrons. The van der Waals surface area contributed by atoms with Gasteiger partial charge < -0.3 is 0 Å². The molecule has 0 aromatic heterocycles. The molecule has 3 atom stereocenters. The summed E-state index contributed by atoms with van der Waals surface area (Å²) < 4.78 is 0. The molecule has 0 unspecified atom stereocenters. The lowest BCUT2D eigenvalue weighted by Crippen LogP contribution is -2.52. The van der Waals surface area contributed by atoms with Crippen molar-refractivity contribution in [3.05, 3.63) is 86.9 Å². The van der Waals surface area contributed by atoms with Crippen LogP contribution < -0.4 is 0 Å². The number of nitrogens with zero attached hydrogens (tertiary/aromatic N) is 3. The number of para-hydroxylation sites is 1. The van der Waals surface area contributed by atoms with Gasteiger partial charge in [0.15, 0.2) is 5.78 Å². The van der Waals surface area contributed by atoms with Gasteiger partial charge in [-0.25, -0.2) is 5.01 Å². The van der Waals surface area contributed by atoms with Gasteiger partial charge in [0.25, 0.3) is 23.4 Å². The summed E-state index contributed by atoms with van der Waals surface area (Å²) in [7, 11) is 0. The highest BCUT2D eigenvalue weighted by Gasteiger charge is 2.53. The third-order valence-corrected chi connectivity index (χ3v) is 6.37. The minimum absolute atomic E-state index is 0.205. The number of nitro benzene ring substituents is 1. The second-order valence-electron chi connectivity index (χ2n) is 8.21. The fourth-order valence-corrected chi connectivity index (χ4v) is 4.54. The van der Waals surface area contributed by atoms with Crippen molar-refractivity contribution in [3.63, 3.8) is 0 Å². The van der Waals surface area contributed by atoms with E-state index in [1.54, 1.807) is 6.92 Å². The van der Waals surface area contributed by atoms with Crippen LogP contribution >= 0.6 is 11.6 Å². The number of allylic oxidation sites excluding steroid dienone is 2. The zero-order valence-electron chi connectivity index (χ0n) is 18.1. The summed E-state index contributed by atoms with van der Waals surface area (Å²) in [5.41, 5.74) is -0.627. The minimum atomic E-state index is -0.990. The molecule has 1 heterocycles. The molecule has 34 heavy (non-hydrogen) atoms. The lowest BCUT2D eigenvalue weighted by Gasteiger charge is -2.30. The van der Waals surface area contributed by atoms with Gasteiger partial charge in [0.2, 0.25) is 0 Å². The van der Waals surface area contributed by atoms with Gasteiger partial charge in [-0.05, 0) is 42.7 Å².